The fourth-order valence-corrected chi connectivity index (χ4v) is 6.08. The predicted molar refractivity (Wildman–Crippen MR) is 119 cm³/mol. The summed E-state index contributed by atoms with van der Waals surface area (Å²) >= 11 is 0. The molecule has 31 heavy (non-hydrogen) atoms. The second kappa shape index (κ2) is 7.97. The summed E-state index contributed by atoms with van der Waals surface area (Å²) in [7, 11) is 0. The van der Waals surface area contributed by atoms with Gasteiger partial charge in [-0.25, -0.2) is 19.8 Å². The Morgan fingerprint density at radius 1 is 0.968 bits per heavy atom. The molecular formula is C24H29FN6. The lowest BCUT2D eigenvalue weighted by Gasteiger charge is -2.38. The summed E-state index contributed by atoms with van der Waals surface area (Å²) in [6.45, 7) is 2.32. The number of rotatable bonds is 3. The number of aromatic amines is 1. The van der Waals surface area contributed by atoms with Crippen molar-refractivity contribution in [1.29, 1.82) is 0 Å². The number of nitrogens with one attached hydrogen (secondary N) is 4. The largest absolute Gasteiger partial charge is 0.339 e. The van der Waals surface area contributed by atoms with E-state index in [0.29, 0.717) is 17.6 Å². The van der Waals surface area contributed by atoms with Crippen LogP contribution in [0.3, 0.4) is 0 Å². The summed E-state index contributed by atoms with van der Waals surface area (Å²) in [6.07, 6.45) is 8.14. The molecular weight excluding hydrogens is 391 g/mol. The Bertz CT molecular complexity index is 1070. The summed E-state index contributed by atoms with van der Waals surface area (Å²) in [6, 6.07) is 9.26. The maximum Gasteiger partial charge on any atom is 0.178 e. The SMILES string of the molecule is Fc1cccc(-c2ccnc3nc(C4NNC5CCC(C6CCNCC6)CC54)[nH]c23)c1. The molecule has 3 aromatic rings. The van der Waals surface area contributed by atoms with Gasteiger partial charge in [-0.1, -0.05) is 12.1 Å². The Balaban J connectivity index is 1.30. The van der Waals surface area contributed by atoms with Gasteiger partial charge in [-0.05, 0) is 86.7 Å². The molecule has 0 spiro atoms. The highest BCUT2D eigenvalue weighted by molar-refractivity contribution is 5.89. The molecule has 1 aliphatic carbocycles. The van der Waals surface area contributed by atoms with Crippen molar-refractivity contribution in [2.24, 2.45) is 17.8 Å². The van der Waals surface area contributed by atoms with Crippen molar-refractivity contribution in [3.63, 3.8) is 0 Å². The van der Waals surface area contributed by atoms with E-state index in [9.17, 15) is 4.39 Å². The zero-order valence-corrected chi connectivity index (χ0v) is 17.6. The number of nitrogens with zero attached hydrogens (tertiary/aromatic N) is 2. The number of hydrazine groups is 1. The second-order valence-corrected chi connectivity index (χ2v) is 9.39. The first kappa shape index (κ1) is 19.3. The molecule has 0 amide bonds. The first-order valence-electron chi connectivity index (χ1n) is 11.6. The summed E-state index contributed by atoms with van der Waals surface area (Å²) in [5.41, 5.74) is 10.4. The predicted octanol–water partition coefficient (Wildman–Crippen LogP) is 3.70. The molecule has 2 aromatic heterocycles. The number of hydrogen-bond acceptors (Lipinski definition) is 5. The van der Waals surface area contributed by atoms with E-state index in [1.807, 2.05) is 12.1 Å². The number of halogens is 1. The van der Waals surface area contributed by atoms with Crippen LogP contribution < -0.4 is 16.2 Å². The normalized spacial score (nSPS) is 29.3. The summed E-state index contributed by atoms with van der Waals surface area (Å²) in [5.74, 6) is 2.86. The molecule has 1 saturated carbocycles. The molecule has 6 nitrogen and oxygen atoms in total. The number of imidazole rings is 1. The summed E-state index contributed by atoms with van der Waals surface area (Å²) in [4.78, 5) is 12.9. The first-order chi connectivity index (χ1) is 15.3. The third-order valence-corrected chi connectivity index (χ3v) is 7.68. The highest BCUT2D eigenvalue weighted by Gasteiger charge is 2.44. The third kappa shape index (κ3) is 3.54. The maximum atomic E-state index is 13.8. The van der Waals surface area contributed by atoms with Crippen molar-refractivity contribution >= 4 is 11.2 Å². The molecule has 6 rings (SSSR count). The highest BCUT2D eigenvalue weighted by Crippen LogP contribution is 2.44. The molecule has 4 N–H and O–H groups in total. The van der Waals surface area contributed by atoms with Crippen molar-refractivity contribution in [3.8, 4) is 11.1 Å². The average Bonchev–Trinajstić information content (AvgIpc) is 3.43. The van der Waals surface area contributed by atoms with E-state index in [1.165, 1.54) is 38.2 Å². The van der Waals surface area contributed by atoms with Crippen LogP contribution in [-0.4, -0.2) is 34.1 Å². The van der Waals surface area contributed by atoms with Gasteiger partial charge in [-0.15, -0.1) is 0 Å². The van der Waals surface area contributed by atoms with Gasteiger partial charge in [0.2, 0.25) is 0 Å². The number of piperidine rings is 1. The number of fused-ring (bicyclic) bond motifs is 2. The standard InChI is InChI=1S/C24H29FN6/c25-17-3-1-2-16(12-17)18-8-11-27-23-21(18)28-24(29-23)22-19-13-15(4-5-20(19)30-31-22)14-6-9-26-10-7-14/h1-3,8,11-12,14-15,19-20,22,26,30-31H,4-7,9-10,13H2,(H,27,28,29). The Kier molecular flexibility index (Phi) is 4.97. The molecule has 3 fully saturated rings. The van der Waals surface area contributed by atoms with E-state index >= 15 is 0 Å². The van der Waals surface area contributed by atoms with Crippen molar-refractivity contribution in [2.45, 2.75) is 44.2 Å². The first-order valence-corrected chi connectivity index (χ1v) is 11.6. The molecule has 4 atom stereocenters. The number of benzene rings is 1. The Morgan fingerprint density at radius 2 is 1.87 bits per heavy atom. The van der Waals surface area contributed by atoms with E-state index in [4.69, 9.17) is 4.98 Å². The highest BCUT2D eigenvalue weighted by atomic mass is 19.1. The Labute approximate surface area is 181 Å². The zero-order valence-electron chi connectivity index (χ0n) is 17.6. The van der Waals surface area contributed by atoms with Gasteiger partial charge >= 0.3 is 0 Å². The van der Waals surface area contributed by atoms with E-state index in [0.717, 1.165) is 47.4 Å². The smallest absolute Gasteiger partial charge is 0.178 e. The van der Waals surface area contributed by atoms with Crippen LogP contribution in [0.4, 0.5) is 4.39 Å². The zero-order chi connectivity index (χ0) is 20.8. The minimum atomic E-state index is -0.238. The van der Waals surface area contributed by atoms with Gasteiger partial charge in [-0.3, -0.25) is 5.43 Å². The summed E-state index contributed by atoms with van der Waals surface area (Å²) in [5, 5.41) is 3.50. The number of aromatic nitrogens is 3. The lowest BCUT2D eigenvalue weighted by molar-refractivity contribution is 0.148. The molecule has 0 radical (unpaired) electrons. The molecule has 162 valence electrons. The Morgan fingerprint density at radius 3 is 2.74 bits per heavy atom. The quantitative estimate of drug-likeness (QED) is 0.520. The molecule has 2 aliphatic heterocycles. The fourth-order valence-electron chi connectivity index (χ4n) is 6.08. The van der Waals surface area contributed by atoms with Gasteiger partial charge in [0.05, 0.1) is 11.6 Å². The van der Waals surface area contributed by atoms with Crippen LogP contribution in [0.2, 0.25) is 0 Å². The Hall–Kier alpha value is -2.35. The van der Waals surface area contributed by atoms with E-state index in [-0.39, 0.29) is 11.9 Å². The summed E-state index contributed by atoms with van der Waals surface area (Å²) < 4.78 is 13.8. The van der Waals surface area contributed by atoms with Crippen LogP contribution in [0.25, 0.3) is 22.3 Å². The fraction of sp³-hybridized carbons (Fsp3) is 0.500. The van der Waals surface area contributed by atoms with Crippen LogP contribution in [0.5, 0.6) is 0 Å². The number of H-pyrrole nitrogens is 1. The van der Waals surface area contributed by atoms with Crippen LogP contribution >= 0.6 is 0 Å². The van der Waals surface area contributed by atoms with Crippen molar-refractivity contribution < 1.29 is 4.39 Å². The topological polar surface area (TPSA) is 77.7 Å². The van der Waals surface area contributed by atoms with Gasteiger partial charge in [0.15, 0.2) is 5.65 Å². The average molecular weight is 421 g/mol. The lowest BCUT2D eigenvalue weighted by Crippen LogP contribution is -2.39. The van der Waals surface area contributed by atoms with Gasteiger partial charge in [0.1, 0.15) is 11.6 Å². The van der Waals surface area contributed by atoms with Gasteiger partial charge in [0, 0.05) is 17.8 Å². The molecule has 3 aliphatic rings. The third-order valence-electron chi connectivity index (χ3n) is 7.68. The van der Waals surface area contributed by atoms with Crippen molar-refractivity contribution in [1.82, 2.24) is 31.1 Å². The molecule has 1 aromatic carbocycles. The molecule has 7 heteroatoms. The van der Waals surface area contributed by atoms with Gasteiger partial charge in [-0.2, -0.15) is 0 Å². The minimum Gasteiger partial charge on any atom is -0.339 e. The minimum absolute atomic E-state index is 0.143. The molecule has 4 heterocycles. The van der Waals surface area contributed by atoms with E-state index in [1.54, 1.807) is 18.3 Å². The van der Waals surface area contributed by atoms with Crippen molar-refractivity contribution in [3.05, 3.63) is 48.2 Å². The van der Waals surface area contributed by atoms with E-state index < -0.39 is 0 Å². The van der Waals surface area contributed by atoms with Crippen LogP contribution in [-0.2, 0) is 0 Å². The number of pyridine rings is 1. The van der Waals surface area contributed by atoms with Crippen molar-refractivity contribution in [2.75, 3.05) is 13.1 Å². The number of hydrogen-bond donors (Lipinski definition) is 4. The molecule has 0 bridgehead atoms. The van der Waals surface area contributed by atoms with Gasteiger partial charge < -0.3 is 10.3 Å². The van der Waals surface area contributed by atoms with Crippen LogP contribution in [0.1, 0.15) is 44.0 Å². The second-order valence-electron chi connectivity index (χ2n) is 9.39. The molecule has 4 unspecified atom stereocenters. The maximum absolute atomic E-state index is 13.8. The lowest BCUT2D eigenvalue weighted by atomic mass is 9.69. The van der Waals surface area contributed by atoms with E-state index in [2.05, 4.69) is 26.1 Å². The monoisotopic (exact) mass is 420 g/mol. The van der Waals surface area contributed by atoms with Crippen LogP contribution in [0, 0.1) is 23.6 Å². The van der Waals surface area contributed by atoms with Gasteiger partial charge in [0.25, 0.3) is 0 Å². The van der Waals surface area contributed by atoms with Crippen LogP contribution in [0.15, 0.2) is 36.5 Å². The molecule has 2 saturated heterocycles.